The average Bonchev–Trinajstić information content (AvgIpc) is 2.75. The maximum Gasteiger partial charge on any atom is 0.323 e. The number of esters is 1. The zero-order valence-corrected chi connectivity index (χ0v) is 16.9. The summed E-state index contributed by atoms with van der Waals surface area (Å²) in [7, 11) is 0. The van der Waals surface area contributed by atoms with Gasteiger partial charge in [-0.2, -0.15) is 0 Å². The van der Waals surface area contributed by atoms with Crippen molar-refractivity contribution in [1.82, 2.24) is 9.80 Å². The topological polar surface area (TPSA) is 42.0 Å². The maximum atomic E-state index is 13.0. The normalized spacial score (nSPS) is 26.1. The molecular formula is C23H32N2O3. The van der Waals surface area contributed by atoms with Crippen LogP contribution >= 0.6 is 0 Å². The van der Waals surface area contributed by atoms with Crippen LogP contribution in [0.3, 0.4) is 0 Å². The molecule has 0 aromatic heterocycles. The van der Waals surface area contributed by atoms with E-state index in [4.69, 9.17) is 9.47 Å². The lowest BCUT2D eigenvalue weighted by atomic mass is 9.81. The molecule has 0 radical (unpaired) electrons. The van der Waals surface area contributed by atoms with Crippen LogP contribution in [-0.2, 0) is 20.8 Å². The molecule has 0 N–H and O–H groups in total. The highest BCUT2D eigenvalue weighted by Crippen LogP contribution is 2.40. The molecule has 4 rings (SSSR count). The molecule has 0 amide bonds. The smallest absolute Gasteiger partial charge is 0.323 e. The monoisotopic (exact) mass is 384 g/mol. The Kier molecular flexibility index (Phi) is 6.33. The largest absolute Gasteiger partial charge is 0.465 e. The Hall–Kier alpha value is -1.85. The summed E-state index contributed by atoms with van der Waals surface area (Å²) in [4.78, 5) is 17.9. The molecule has 152 valence electrons. The highest BCUT2D eigenvalue weighted by molar-refractivity contribution is 5.77. The summed E-state index contributed by atoms with van der Waals surface area (Å²) in [6, 6.07) is 10.7. The summed E-state index contributed by atoms with van der Waals surface area (Å²) in [5.74, 6) is -0.0752. The lowest BCUT2D eigenvalue weighted by Crippen LogP contribution is -2.54. The van der Waals surface area contributed by atoms with Crippen molar-refractivity contribution in [2.45, 2.75) is 57.7 Å². The molecule has 2 aliphatic heterocycles. The van der Waals surface area contributed by atoms with Crippen LogP contribution in [0.2, 0.25) is 0 Å². The van der Waals surface area contributed by atoms with Crippen molar-refractivity contribution >= 4 is 5.97 Å². The average molecular weight is 385 g/mol. The molecule has 0 unspecified atom stereocenters. The van der Waals surface area contributed by atoms with E-state index in [2.05, 4.69) is 34.1 Å². The molecule has 2 atom stereocenters. The number of carbonyl (C=O) groups excluding carboxylic acids is 1. The van der Waals surface area contributed by atoms with E-state index in [1.807, 2.05) is 13.0 Å². The molecule has 2 heterocycles. The van der Waals surface area contributed by atoms with Crippen molar-refractivity contribution in [1.29, 1.82) is 0 Å². The minimum Gasteiger partial charge on any atom is -0.465 e. The Bertz CT molecular complexity index is 697. The van der Waals surface area contributed by atoms with Gasteiger partial charge in [0.2, 0.25) is 0 Å². The molecule has 28 heavy (non-hydrogen) atoms. The molecule has 1 aromatic carbocycles. The zero-order valence-electron chi connectivity index (χ0n) is 16.9. The maximum absolute atomic E-state index is 13.0. The van der Waals surface area contributed by atoms with Crippen LogP contribution in [-0.4, -0.2) is 60.8 Å². The van der Waals surface area contributed by atoms with Gasteiger partial charge in [-0.1, -0.05) is 36.8 Å². The van der Waals surface area contributed by atoms with E-state index in [0.29, 0.717) is 12.6 Å². The van der Waals surface area contributed by atoms with Gasteiger partial charge >= 0.3 is 5.97 Å². The number of benzene rings is 1. The molecule has 5 nitrogen and oxygen atoms in total. The summed E-state index contributed by atoms with van der Waals surface area (Å²) in [6.07, 6.45) is 5.52. The first kappa shape index (κ1) is 19.5. The fourth-order valence-corrected chi connectivity index (χ4v) is 4.98. The Morgan fingerprint density at radius 3 is 2.71 bits per heavy atom. The molecule has 1 aromatic rings. The molecule has 2 fully saturated rings. The van der Waals surface area contributed by atoms with Gasteiger partial charge in [0.25, 0.3) is 0 Å². The summed E-state index contributed by atoms with van der Waals surface area (Å²) in [5, 5.41) is 0. The Morgan fingerprint density at radius 2 is 1.96 bits per heavy atom. The molecule has 1 saturated heterocycles. The number of nitrogens with zero attached hydrogens (tertiary/aromatic N) is 2. The second-order valence-corrected chi connectivity index (χ2v) is 7.96. The summed E-state index contributed by atoms with van der Waals surface area (Å²) in [6.45, 7) is 6.54. The Balaban J connectivity index is 1.68. The third-order valence-electron chi connectivity index (χ3n) is 6.29. The predicted octanol–water partition coefficient (Wildman–Crippen LogP) is 3.35. The fraction of sp³-hybridized carbons (Fsp3) is 0.609. The predicted molar refractivity (Wildman–Crippen MR) is 109 cm³/mol. The van der Waals surface area contributed by atoms with Crippen molar-refractivity contribution in [3.63, 3.8) is 0 Å². The first-order chi connectivity index (χ1) is 13.8. The van der Waals surface area contributed by atoms with Gasteiger partial charge in [0, 0.05) is 37.8 Å². The number of carbonyl (C=O) groups is 1. The highest BCUT2D eigenvalue weighted by Gasteiger charge is 2.42. The van der Waals surface area contributed by atoms with Gasteiger partial charge in [-0.05, 0) is 37.3 Å². The number of fused-ring (bicyclic) bond motifs is 1. The van der Waals surface area contributed by atoms with Crippen LogP contribution in [0.4, 0.5) is 0 Å². The summed E-state index contributed by atoms with van der Waals surface area (Å²) >= 11 is 0. The first-order valence-corrected chi connectivity index (χ1v) is 10.8. The standard InChI is InChI=1S/C23H32N2O3/c1-2-28-23(26)22-16-21(24-12-14-27-15-13-24)19-10-6-7-11-20(19)25(22)17-18-8-4-3-5-9-18/h3-5,8-9,20,22H,2,6-7,10-17H2,1H3/t20-,22+/m1/s1. The molecule has 1 aliphatic carbocycles. The number of hydrogen-bond acceptors (Lipinski definition) is 5. The van der Waals surface area contributed by atoms with Gasteiger partial charge < -0.3 is 14.4 Å². The number of hydrogen-bond donors (Lipinski definition) is 0. The highest BCUT2D eigenvalue weighted by atomic mass is 16.5. The van der Waals surface area contributed by atoms with E-state index in [0.717, 1.165) is 52.1 Å². The molecule has 0 spiro atoms. The van der Waals surface area contributed by atoms with Crippen molar-refractivity contribution < 1.29 is 14.3 Å². The minimum absolute atomic E-state index is 0.0752. The van der Waals surface area contributed by atoms with Crippen LogP contribution in [0, 0.1) is 0 Å². The van der Waals surface area contributed by atoms with E-state index in [1.54, 1.807) is 5.57 Å². The second kappa shape index (κ2) is 9.10. The van der Waals surface area contributed by atoms with Crippen LogP contribution in [0.25, 0.3) is 0 Å². The van der Waals surface area contributed by atoms with Gasteiger partial charge in [-0.3, -0.25) is 9.69 Å². The number of morpholine rings is 1. The van der Waals surface area contributed by atoms with E-state index in [-0.39, 0.29) is 12.0 Å². The first-order valence-electron chi connectivity index (χ1n) is 10.8. The molecule has 5 heteroatoms. The minimum atomic E-state index is -0.204. The summed E-state index contributed by atoms with van der Waals surface area (Å²) < 4.78 is 11.1. The molecule has 1 saturated carbocycles. The lowest BCUT2D eigenvalue weighted by molar-refractivity contribution is -0.151. The lowest BCUT2D eigenvalue weighted by Gasteiger charge is -2.48. The van der Waals surface area contributed by atoms with Gasteiger partial charge in [0.1, 0.15) is 6.04 Å². The van der Waals surface area contributed by atoms with Crippen molar-refractivity contribution in [2.75, 3.05) is 32.9 Å². The SMILES string of the molecule is CCOC(=O)[C@@H]1CC(N2CCOCC2)=C2CCCC[C@H]2N1Cc1ccccc1. The van der Waals surface area contributed by atoms with Crippen molar-refractivity contribution in [3.05, 3.63) is 47.2 Å². The van der Waals surface area contributed by atoms with Crippen molar-refractivity contribution in [3.8, 4) is 0 Å². The van der Waals surface area contributed by atoms with Gasteiger partial charge in [0.05, 0.1) is 19.8 Å². The van der Waals surface area contributed by atoms with E-state index < -0.39 is 0 Å². The van der Waals surface area contributed by atoms with Crippen molar-refractivity contribution in [2.24, 2.45) is 0 Å². The van der Waals surface area contributed by atoms with Crippen LogP contribution in [0.5, 0.6) is 0 Å². The van der Waals surface area contributed by atoms with Gasteiger partial charge in [0.15, 0.2) is 0 Å². The van der Waals surface area contributed by atoms with E-state index in [1.165, 1.54) is 24.1 Å². The van der Waals surface area contributed by atoms with Gasteiger partial charge in [-0.25, -0.2) is 0 Å². The molecule has 0 bridgehead atoms. The van der Waals surface area contributed by atoms with Crippen LogP contribution < -0.4 is 0 Å². The second-order valence-electron chi connectivity index (χ2n) is 7.96. The summed E-state index contributed by atoms with van der Waals surface area (Å²) in [5.41, 5.74) is 4.22. The zero-order chi connectivity index (χ0) is 19.3. The fourth-order valence-electron chi connectivity index (χ4n) is 4.98. The van der Waals surface area contributed by atoms with Crippen LogP contribution in [0.1, 0.15) is 44.6 Å². The Morgan fingerprint density at radius 1 is 1.18 bits per heavy atom. The van der Waals surface area contributed by atoms with E-state index in [9.17, 15) is 4.79 Å². The third kappa shape index (κ3) is 4.11. The molecular weight excluding hydrogens is 352 g/mol. The quantitative estimate of drug-likeness (QED) is 0.729. The van der Waals surface area contributed by atoms with E-state index >= 15 is 0 Å². The Labute approximate surface area is 168 Å². The molecule has 3 aliphatic rings. The number of ether oxygens (including phenoxy) is 2. The van der Waals surface area contributed by atoms with Crippen LogP contribution in [0.15, 0.2) is 41.6 Å². The number of rotatable bonds is 5. The van der Waals surface area contributed by atoms with Gasteiger partial charge in [-0.15, -0.1) is 0 Å². The third-order valence-corrected chi connectivity index (χ3v) is 6.29.